The Morgan fingerprint density at radius 2 is 2.06 bits per heavy atom. The third kappa shape index (κ3) is 1.64. The molecule has 88 valence electrons. The fourth-order valence-corrected chi connectivity index (χ4v) is 1.94. The van der Waals surface area contributed by atoms with E-state index in [1.165, 1.54) is 0 Å². The number of nitrogens with zero attached hydrogens (tertiary/aromatic N) is 2. The molecule has 1 heterocycles. The van der Waals surface area contributed by atoms with E-state index in [1.807, 2.05) is 6.07 Å². The van der Waals surface area contributed by atoms with E-state index in [9.17, 15) is 9.90 Å². The highest BCUT2D eigenvalue weighted by Gasteiger charge is 2.06. The van der Waals surface area contributed by atoms with Crippen LogP contribution in [0.15, 0.2) is 48.7 Å². The minimum absolute atomic E-state index is 0.191. The number of phenolic OH excluding ortho intramolecular Hbond substituents is 1. The van der Waals surface area contributed by atoms with Gasteiger partial charge in [-0.05, 0) is 24.3 Å². The van der Waals surface area contributed by atoms with Gasteiger partial charge in [-0.25, -0.2) is 4.68 Å². The second-order valence-corrected chi connectivity index (χ2v) is 4.01. The third-order valence-corrected chi connectivity index (χ3v) is 2.81. The van der Waals surface area contributed by atoms with Crippen molar-refractivity contribution in [1.29, 1.82) is 0 Å². The monoisotopic (exact) mass is 238 g/mol. The van der Waals surface area contributed by atoms with Gasteiger partial charge in [0.15, 0.2) is 0 Å². The van der Waals surface area contributed by atoms with Crippen LogP contribution in [0, 0.1) is 0 Å². The molecular weight excluding hydrogens is 228 g/mol. The standard InChI is InChI=1S/C14H10N2O2/c17-9-10-2-1-3-12(6-10)16-14-7-13(18)5-4-11(14)8-15-16/h1-9,18H. The molecule has 1 N–H and O–H groups in total. The van der Waals surface area contributed by atoms with Gasteiger partial charge in [0, 0.05) is 17.0 Å². The van der Waals surface area contributed by atoms with Crippen molar-refractivity contribution < 1.29 is 9.90 Å². The maximum Gasteiger partial charge on any atom is 0.150 e. The van der Waals surface area contributed by atoms with Gasteiger partial charge in [-0.1, -0.05) is 12.1 Å². The van der Waals surface area contributed by atoms with Crippen LogP contribution < -0.4 is 0 Å². The van der Waals surface area contributed by atoms with Gasteiger partial charge in [0.2, 0.25) is 0 Å². The molecule has 1 aromatic heterocycles. The zero-order valence-corrected chi connectivity index (χ0v) is 9.45. The van der Waals surface area contributed by atoms with Gasteiger partial charge in [-0.3, -0.25) is 4.79 Å². The summed E-state index contributed by atoms with van der Waals surface area (Å²) in [5.41, 5.74) is 2.19. The average molecular weight is 238 g/mol. The molecule has 0 bridgehead atoms. The molecule has 0 spiro atoms. The molecule has 0 aliphatic carbocycles. The molecule has 0 radical (unpaired) electrons. The summed E-state index contributed by atoms with van der Waals surface area (Å²) < 4.78 is 1.70. The lowest BCUT2D eigenvalue weighted by Gasteiger charge is -2.04. The highest BCUT2D eigenvalue weighted by Crippen LogP contribution is 2.22. The van der Waals surface area contributed by atoms with E-state index in [2.05, 4.69) is 5.10 Å². The molecule has 4 nitrogen and oxygen atoms in total. The third-order valence-electron chi connectivity index (χ3n) is 2.81. The minimum Gasteiger partial charge on any atom is -0.508 e. The van der Waals surface area contributed by atoms with Crippen molar-refractivity contribution in [2.45, 2.75) is 0 Å². The first-order valence-electron chi connectivity index (χ1n) is 5.50. The molecule has 3 rings (SSSR count). The Labute approximate surface area is 103 Å². The van der Waals surface area contributed by atoms with E-state index < -0.39 is 0 Å². The Hall–Kier alpha value is -2.62. The Morgan fingerprint density at radius 3 is 2.89 bits per heavy atom. The Balaban J connectivity index is 2.24. The molecule has 18 heavy (non-hydrogen) atoms. The Kier molecular flexibility index (Phi) is 2.34. The van der Waals surface area contributed by atoms with Crippen LogP contribution in [0.2, 0.25) is 0 Å². The fourth-order valence-electron chi connectivity index (χ4n) is 1.94. The van der Waals surface area contributed by atoms with Crippen molar-refractivity contribution in [1.82, 2.24) is 9.78 Å². The molecule has 0 saturated heterocycles. The lowest BCUT2D eigenvalue weighted by molar-refractivity contribution is 0.112. The number of benzene rings is 2. The van der Waals surface area contributed by atoms with Gasteiger partial charge >= 0.3 is 0 Å². The Bertz CT molecular complexity index is 731. The van der Waals surface area contributed by atoms with Gasteiger partial charge < -0.3 is 5.11 Å². The van der Waals surface area contributed by atoms with E-state index in [4.69, 9.17) is 0 Å². The minimum atomic E-state index is 0.191. The summed E-state index contributed by atoms with van der Waals surface area (Å²) in [5.74, 6) is 0.191. The Morgan fingerprint density at radius 1 is 1.17 bits per heavy atom. The van der Waals surface area contributed by atoms with Crippen LogP contribution in [0.5, 0.6) is 5.75 Å². The molecule has 0 atom stereocenters. The smallest absolute Gasteiger partial charge is 0.150 e. The number of rotatable bonds is 2. The fraction of sp³-hybridized carbons (Fsp3) is 0. The number of carbonyl (C=O) groups excluding carboxylic acids is 1. The lowest BCUT2D eigenvalue weighted by atomic mass is 10.2. The molecule has 3 aromatic rings. The van der Waals surface area contributed by atoms with Gasteiger partial charge in [0.25, 0.3) is 0 Å². The second kappa shape index (κ2) is 4.00. The molecule has 0 fully saturated rings. The molecular formula is C14H10N2O2. The lowest BCUT2D eigenvalue weighted by Crippen LogP contribution is -1.96. The van der Waals surface area contributed by atoms with Crippen LogP contribution in [0.25, 0.3) is 16.6 Å². The quantitative estimate of drug-likeness (QED) is 0.698. The van der Waals surface area contributed by atoms with Crippen molar-refractivity contribution in [3.63, 3.8) is 0 Å². The summed E-state index contributed by atoms with van der Waals surface area (Å²) >= 11 is 0. The van der Waals surface area contributed by atoms with Crippen LogP contribution in [-0.2, 0) is 0 Å². The number of aromatic hydroxyl groups is 1. The highest BCUT2D eigenvalue weighted by atomic mass is 16.3. The molecule has 0 aliphatic rings. The summed E-state index contributed by atoms with van der Waals surface area (Å²) in [4.78, 5) is 10.8. The number of phenols is 1. The van der Waals surface area contributed by atoms with E-state index >= 15 is 0 Å². The van der Waals surface area contributed by atoms with Crippen LogP contribution in [0.4, 0.5) is 0 Å². The van der Waals surface area contributed by atoms with Crippen molar-refractivity contribution in [2.24, 2.45) is 0 Å². The largest absolute Gasteiger partial charge is 0.508 e. The van der Waals surface area contributed by atoms with Gasteiger partial charge in [-0.2, -0.15) is 5.10 Å². The molecule has 0 amide bonds. The summed E-state index contributed by atoms with van der Waals surface area (Å²) in [5, 5.41) is 14.7. The zero-order valence-electron chi connectivity index (χ0n) is 9.45. The number of aldehydes is 1. The van der Waals surface area contributed by atoms with E-state index in [-0.39, 0.29) is 5.75 Å². The number of hydrogen-bond acceptors (Lipinski definition) is 3. The van der Waals surface area contributed by atoms with Gasteiger partial charge in [-0.15, -0.1) is 0 Å². The SMILES string of the molecule is O=Cc1cccc(-n2ncc3ccc(O)cc32)c1. The summed E-state index contributed by atoms with van der Waals surface area (Å²) in [7, 11) is 0. The topological polar surface area (TPSA) is 55.1 Å². The highest BCUT2D eigenvalue weighted by molar-refractivity contribution is 5.82. The zero-order chi connectivity index (χ0) is 12.5. The predicted molar refractivity (Wildman–Crippen MR) is 68.1 cm³/mol. The summed E-state index contributed by atoms with van der Waals surface area (Å²) in [6.07, 6.45) is 2.52. The average Bonchev–Trinajstić information content (AvgIpc) is 2.81. The molecule has 4 heteroatoms. The predicted octanol–water partition coefficient (Wildman–Crippen LogP) is 2.54. The van der Waals surface area contributed by atoms with E-state index in [0.29, 0.717) is 5.56 Å². The number of hydrogen-bond donors (Lipinski definition) is 1. The van der Waals surface area contributed by atoms with Crippen LogP contribution >= 0.6 is 0 Å². The summed E-state index contributed by atoms with van der Waals surface area (Å²) in [6, 6.07) is 12.2. The number of fused-ring (bicyclic) bond motifs is 1. The van der Waals surface area contributed by atoms with Crippen molar-refractivity contribution >= 4 is 17.2 Å². The van der Waals surface area contributed by atoms with Crippen LogP contribution in [0.3, 0.4) is 0 Å². The van der Waals surface area contributed by atoms with E-state index in [1.54, 1.807) is 47.3 Å². The van der Waals surface area contributed by atoms with Crippen molar-refractivity contribution in [3.8, 4) is 11.4 Å². The first kappa shape index (κ1) is 10.5. The normalized spacial score (nSPS) is 10.7. The number of carbonyl (C=O) groups is 1. The molecule has 0 aliphatic heterocycles. The molecule has 2 aromatic carbocycles. The van der Waals surface area contributed by atoms with Gasteiger partial charge in [0.05, 0.1) is 17.4 Å². The van der Waals surface area contributed by atoms with Crippen LogP contribution in [-0.4, -0.2) is 21.2 Å². The maximum atomic E-state index is 10.8. The number of aromatic nitrogens is 2. The maximum absolute atomic E-state index is 10.8. The summed E-state index contributed by atoms with van der Waals surface area (Å²) in [6.45, 7) is 0. The van der Waals surface area contributed by atoms with Gasteiger partial charge in [0.1, 0.15) is 12.0 Å². The van der Waals surface area contributed by atoms with Crippen molar-refractivity contribution in [2.75, 3.05) is 0 Å². The first-order valence-corrected chi connectivity index (χ1v) is 5.50. The molecule has 0 saturated carbocycles. The van der Waals surface area contributed by atoms with Crippen molar-refractivity contribution in [3.05, 3.63) is 54.2 Å². The van der Waals surface area contributed by atoms with Crippen LogP contribution in [0.1, 0.15) is 10.4 Å². The van der Waals surface area contributed by atoms with E-state index in [0.717, 1.165) is 22.9 Å². The second-order valence-electron chi connectivity index (χ2n) is 4.01. The first-order chi connectivity index (χ1) is 8.78. The molecule has 0 unspecified atom stereocenters.